The normalized spacial score (nSPS) is 12.3. The van der Waals surface area contributed by atoms with Crippen molar-refractivity contribution in [3.05, 3.63) is 6.61 Å². The topological polar surface area (TPSA) is 78.8 Å². The Morgan fingerprint density at radius 1 is 1.82 bits per heavy atom. The minimum Gasteiger partial charge on any atom is -0.442 e. The summed E-state index contributed by atoms with van der Waals surface area (Å²) in [6, 6.07) is 0. The van der Waals surface area contributed by atoms with E-state index in [0.717, 1.165) is 0 Å². The van der Waals surface area contributed by atoms with E-state index in [0.29, 0.717) is 6.42 Å². The van der Waals surface area contributed by atoms with E-state index in [4.69, 9.17) is 10.2 Å². The molecule has 0 rings (SSSR count). The first kappa shape index (κ1) is 10.2. The first-order valence-corrected chi connectivity index (χ1v) is 3.28. The molecule has 0 aromatic carbocycles. The smallest absolute Gasteiger partial charge is 0.409 e. The Balaban J connectivity index is 3.36. The predicted octanol–water partition coefficient (Wildman–Crippen LogP) is -0.405. The molecule has 0 aliphatic heterocycles. The molecule has 5 nitrogen and oxygen atoms in total. The van der Waals surface area contributed by atoms with Crippen LogP contribution in [0.1, 0.15) is 13.3 Å². The summed E-state index contributed by atoms with van der Waals surface area (Å²) in [6.45, 7) is 2.57. The molecule has 0 aromatic heterocycles. The number of hydrogen-bond donors (Lipinski definition) is 3. The van der Waals surface area contributed by atoms with Crippen molar-refractivity contribution in [2.75, 3.05) is 6.61 Å². The number of ether oxygens (including phenoxy) is 1. The molecule has 0 aromatic rings. The maximum atomic E-state index is 10.5. The van der Waals surface area contributed by atoms with Crippen molar-refractivity contribution in [1.82, 2.24) is 5.32 Å². The lowest BCUT2D eigenvalue weighted by molar-refractivity contribution is 0.0624. The molecule has 0 bridgehead atoms. The fourth-order valence-corrected chi connectivity index (χ4v) is 0.375. The standard InChI is InChI=1S/C6H12NO4/c1-2-3-11-6(10)7-5(9)4-8/h3,5,8-9H,2,4H2,1H3,(H,7,10). The van der Waals surface area contributed by atoms with Gasteiger partial charge in [0.15, 0.2) is 6.23 Å². The Hall–Kier alpha value is -0.810. The quantitative estimate of drug-likeness (QED) is 0.491. The third-order valence-electron chi connectivity index (χ3n) is 0.814. The third-order valence-corrected chi connectivity index (χ3v) is 0.814. The van der Waals surface area contributed by atoms with Gasteiger partial charge in [0.25, 0.3) is 0 Å². The van der Waals surface area contributed by atoms with Crippen molar-refractivity contribution in [3.8, 4) is 0 Å². The van der Waals surface area contributed by atoms with E-state index in [1.165, 1.54) is 6.61 Å². The lowest BCUT2D eigenvalue weighted by Crippen LogP contribution is -2.37. The summed E-state index contributed by atoms with van der Waals surface area (Å²) < 4.78 is 4.42. The fourth-order valence-electron chi connectivity index (χ4n) is 0.375. The maximum Gasteiger partial charge on any atom is 0.409 e. The van der Waals surface area contributed by atoms with Gasteiger partial charge in [-0.3, -0.25) is 5.32 Å². The Labute approximate surface area is 65.0 Å². The molecule has 0 heterocycles. The van der Waals surface area contributed by atoms with E-state index in [2.05, 4.69) is 4.74 Å². The number of aliphatic hydroxyl groups excluding tert-OH is 2. The Morgan fingerprint density at radius 2 is 2.45 bits per heavy atom. The molecule has 5 heteroatoms. The van der Waals surface area contributed by atoms with Crippen molar-refractivity contribution in [2.45, 2.75) is 19.6 Å². The summed E-state index contributed by atoms with van der Waals surface area (Å²) in [6.07, 6.45) is -1.43. The van der Waals surface area contributed by atoms with Gasteiger partial charge in [-0.25, -0.2) is 4.79 Å². The lowest BCUT2D eigenvalue weighted by atomic mass is 10.5. The van der Waals surface area contributed by atoms with E-state index in [9.17, 15) is 4.79 Å². The van der Waals surface area contributed by atoms with Gasteiger partial charge >= 0.3 is 6.09 Å². The zero-order valence-electron chi connectivity index (χ0n) is 6.28. The molecule has 65 valence electrons. The second-order valence-corrected chi connectivity index (χ2v) is 1.82. The summed E-state index contributed by atoms with van der Waals surface area (Å²) in [4.78, 5) is 10.5. The molecule has 0 aliphatic rings. The molecule has 0 fully saturated rings. The van der Waals surface area contributed by atoms with E-state index in [1.807, 2.05) is 5.32 Å². The number of carbonyl (C=O) groups is 1. The summed E-state index contributed by atoms with van der Waals surface area (Å²) in [5.74, 6) is 0. The van der Waals surface area contributed by atoms with Crippen molar-refractivity contribution in [1.29, 1.82) is 0 Å². The predicted molar refractivity (Wildman–Crippen MR) is 37.3 cm³/mol. The molecule has 1 unspecified atom stereocenters. The van der Waals surface area contributed by atoms with Gasteiger partial charge in [-0.15, -0.1) is 0 Å². The van der Waals surface area contributed by atoms with Gasteiger partial charge in [-0.1, -0.05) is 6.92 Å². The first-order valence-electron chi connectivity index (χ1n) is 3.28. The van der Waals surface area contributed by atoms with Gasteiger partial charge in [-0.2, -0.15) is 0 Å². The number of hydrogen-bond acceptors (Lipinski definition) is 4. The van der Waals surface area contributed by atoms with Gasteiger partial charge in [-0.05, 0) is 6.42 Å². The number of carbonyl (C=O) groups excluding carboxylic acids is 1. The van der Waals surface area contributed by atoms with Gasteiger partial charge < -0.3 is 14.9 Å². The monoisotopic (exact) mass is 162 g/mol. The number of alkyl carbamates (subject to hydrolysis) is 1. The summed E-state index contributed by atoms with van der Waals surface area (Å²) in [7, 11) is 0. The van der Waals surface area contributed by atoms with Crippen LogP contribution in [0.15, 0.2) is 0 Å². The van der Waals surface area contributed by atoms with E-state index >= 15 is 0 Å². The van der Waals surface area contributed by atoms with Crippen LogP contribution < -0.4 is 5.32 Å². The van der Waals surface area contributed by atoms with Crippen LogP contribution in [0.5, 0.6) is 0 Å². The molecule has 1 amide bonds. The molecular formula is C6H12NO4. The van der Waals surface area contributed by atoms with Crippen molar-refractivity contribution in [2.24, 2.45) is 0 Å². The highest BCUT2D eigenvalue weighted by Gasteiger charge is 2.06. The first-order chi connectivity index (χ1) is 5.20. The zero-order valence-corrected chi connectivity index (χ0v) is 6.28. The van der Waals surface area contributed by atoms with Crippen LogP contribution in [0.2, 0.25) is 0 Å². The second-order valence-electron chi connectivity index (χ2n) is 1.82. The summed E-state index contributed by atoms with van der Waals surface area (Å²) >= 11 is 0. The lowest BCUT2D eigenvalue weighted by Gasteiger charge is -2.08. The SMILES string of the molecule is CC[CH]OC(=O)NC(O)CO. The number of aliphatic hydroxyl groups is 2. The van der Waals surface area contributed by atoms with Gasteiger partial charge in [0.1, 0.15) is 6.61 Å². The van der Waals surface area contributed by atoms with E-state index < -0.39 is 18.9 Å². The minimum absolute atomic E-state index is 0.527. The van der Waals surface area contributed by atoms with Gasteiger partial charge in [0.2, 0.25) is 0 Å². The molecule has 1 atom stereocenters. The van der Waals surface area contributed by atoms with Crippen LogP contribution in [0.4, 0.5) is 4.79 Å². The highest BCUT2D eigenvalue weighted by Crippen LogP contribution is 1.88. The number of rotatable bonds is 4. The minimum atomic E-state index is -1.26. The number of amides is 1. The van der Waals surface area contributed by atoms with E-state index in [1.54, 1.807) is 6.92 Å². The highest BCUT2D eigenvalue weighted by atomic mass is 16.6. The molecule has 3 N–H and O–H groups in total. The van der Waals surface area contributed by atoms with Crippen molar-refractivity contribution < 1.29 is 19.7 Å². The fraction of sp³-hybridized carbons (Fsp3) is 0.667. The zero-order chi connectivity index (χ0) is 8.69. The molecule has 11 heavy (non-hydrogen) atoms. The molecule has 1 radical (unpaired) electrons. The molecule has 0 aliphatic carbocycles. The van der Waals surface area contributed by atoms with Crippen molar-refractivity contribution in [3.63, 3.8) is 0 Å². The molecule has 0 saturated heterocycles. The Morgan fingerprint density at radius 3 is 2.91 bits per heavy atom. The summed E-state index contributed by atoms with van der Waals surface area (Å²) in [5, 5.41) is 18.9. The van der Waals surface area contributed by atoms with Crippen LogP contribution in [0.3, 0.4) is 0 Å². The van der Waals surface area contributed by atoms with Crippen molar-refractivity contribution >= 4 is 6.09 Å². The Kier molecular flexibility index (Phi) is 5.50. The number of nitrogens with one attached hydrogen (secondary N) is 1. The van der Waals surface area contributed by atoms with Crippen LogP contribution in [-0.2, 0) is 4.74 Å². The maximum absolute atomic E-state index is 10.5. The molecule has 0 saturated carbocycles. The van der Waals surface area contributed by atoms with Crippen LogP contribution in [0.25, 0.3) is 0 Å². The van der Waals surface area contributed by atoms with Gasteiger partial charge in [0, 0.05) is 0 Å². The van der Waals surface area contributed by atoms with Crippen LogP contribution in [0, 0.1) is 6.61 Å². The van der Waals surface area contributed by atoms with Crippen LogP contribution >= 0.6 is 0 Å². The van der Waals surface area contributed by atoms with Crippen LogP contribution in [-0.4, -0.2) is 29.1 Å². The Bertz CT molecular complexity index is 117. The average molecular weight is 162 g/mol. The highest BCUT2D eigenvalue weighted by molar-refractivity contribution is 5.67. The summed E-state index contributed by atoms with van der Waals surface area (Å²) in [5.41, 5.74) is 0. The molecular weight excluding hydrogens is 150 g/mol. The molecule has 0 spiro atoms. The van der Waals surface area contributed by atoms with Gasteiger partial charge in [0.05, 0.1) is 6.61 Å². The largest absolute Gasteiger partial charge is 0.442 e. The third kappa shape index (κ3) is 5.63. The second kappa shape index (κ2) is 5.94. The average Bonchev–Trinajstić information content (AvgIpc) is 2.00. The van der Waals surface area contributed by atoms with E-state index in [-0.39, 0.29) is 0 Å².